The number of phosphoric ester groups is 1. The van der Waals surface area contributed by atoms with Crippen molar-refractivity contribution < 1.29 is 40.4 Å². The molecule has 0 saturated heterocycles. The Labute approximate surface area is 344 Å². The number of methoxy groups -OCH3 is 1. The van der Waals surface area contributed by atoms with Crippen LogP contribution in [0.2, 0.25) is 0 Å². The number of esters is 1. The second-order valence-electron chi connectivity index (χ2n) is 14.9. The number of hydrogen-bond donors (Lipinski definition) is 2. The third kappa shape index (κ3) is 53.0. The Balaban J connectivity index is -0.000000361. The molecule has 1 amide bonds. The molecule has 2 N–H and O–H groups in total. The van der Waals surface area contributed by atoms with Gasteiger partial charge >= 0.3 is 13.8 Å². The number of rotatable bonds is 40. The van der Waals surface area contributed by atoms with E-state index in [1.54, 1.807) is 0 Å². The number of ether oxygens (including phenoxy) is 2. The summed E-state index contributed by atoms with van der Waals surface area (Å²) in [7, 11) is -2.89. The van der Waals surface area contributed by atoms with Crippen LogP contribution < -0.4 is 5.32 Å². The first-order valence-corrected chi connectivity index (χ1v) is 24.8. The average Bonchev–Trinajstić information content (AvgIpc) is 3.18. The highest BCUT2D eigenvalue weighted by Gasteiger charge is 2.24. The Hall–Kier alpha value is -0.990. The summed E-state index contributed by atoms with van der Waals surface area (Å²) in [4.78, 5) is 32.3. The van der Waals surface area contributed by atoms with Crippen molar-refractivity contribution in [3.8, 4) is 0 Å². The third-order valence-electron chi connectivity index (χ3n) is 9.61. The lowest BCUT2D eigenvalue weighted by atomic mass is 10.0. The molecule has 10 heteroatoms. The molecule has 1 unspecified atom stereocenters. The van der Waals surface area contributed by atoms with Crippen molar-refractivity contribution in [2.45, 2.75) is 247 Å². The van der Waals surface area contributed by atoms with Crippen molar-refractivity contribution in [2.24, 2.45) is 0 Å². The Morgan fingerprint density at radius 1 is 0.564 bits per heavy atom. The van der Waals surface area contributed by atoms with E-state index in [-0.39, 0.29) is 41.1 Å². The van der Waals surface area contributed by atoms with Gasteiger partial charge in [0.1, 0.15) is 12.7 Å². The quantitative estimate of drug-likeness (QED) is 0.0356. The average molecular weight is 812 g/mol. The smallest absolute Gasteiger partial charge is 0.463 e. The van der Waals surface area contributed by atoms with E-state index >= 15 is 0 Å². The summed E-state index contributed by atoms with van der Waals surface area (Å²) in [5.41, 5.74) is 0. The van der Waals surface area contributed by atoms with Crippen LogP contribution in [0.3, 0.4) is 0 Å². The van der Waals surface area contributed by atoms with Crippen LogP contribution in [0.1, 0.15) is 243 Å². The minimum absolute atomic E-state index is 0. The largest absolute Gasteiger partial charge is 0.472 e. The van der Waals surface area contributed by atoms with Gasteiger partial charge in [-0.3, -0.25) is 18.6 Å². The van der Waals surface area contributed by atoms with Gasteiger partial charge in [-0.15, -0.1) is 0 Å². The van der Waals surface area contributed by atoms with Crippen LogP contribution in [0.4, 0.5) is 0 Å². The number of nitrogens with one attached hydrogen (secondary N) is 1. The Morgan fingerprint density at radius 2 is 0.891 bits per heavy atom. The van der Waals surface area contributed by atoms with Crippen molar-refractivity contribution in [1.29, 1.82) is 0 Å². The van der Waals surface area contributed by atoms with E-state index in [9.17, 15) is 19.0 Å². The van der Waals surface area contributed by atoms with Crippen LogP contribution in [0, 0.1) is 0 Å². The summed E-state index contributed by atoms with van der Waals surface area (Å²) in [6.07, 6.45) is 40.6. The van der Waals surface area contributed by atoms with Gasteiger partial charge in [-0.2, -0.15) is 0 Å². The molecule has 2 atom stereocenters. The van der Waals surface area contributed by atoms with Crippen LogP contribution in [-0.2, 0) is 32.7 Å². The molecule has 0 spiro atoms. The molecule has 0 saturated carbocycles. The van der Waals surface area contributed by atoms with Crippen molar-refractivity contribution in [3.05, 3.63) is 0 Å². The fourth-order valence-corrected chi connectivity index (χ4v) is 6.88. The Kier molecular flexibility index (Phi) is 52.1. The maximum Gasteiger partial charge on any atom is 0.472 e. The van der Waals surface area contributed by atoms with Gasteiger partial charge in [-0.25, -0.2) is 4.57 Å². The number of amides is 1. The Morgan fingerprint density at radius 3 is 1.20 bits per heavy atom. The number of carbonyl (C=O) groups is 2. The lowest BCUT2D eigenvalue weighted by Crippen LogP contribution is -2.26. The molecule has 0 aliphatic heterocycles. The van der Waals surface area contributed by atoms with Crippen LogP contribution in [0.15, 0.2) is 0 Å². The first-order valence-electron chi connectivity index (χ1n) is 23.3. The fraction of sp³-hybridized carbons (Fsp3) is 0.956. The normalized spacial score (nSPS) is 12.5. The summed E-state index contributed by atoms with van der Waals surface area (Å²) in [5, 5.41) is 2.44. The lowest BCUT2D eigenvalue weighted by Gasteiger charge is -2.18. The fourth-order valence-electron chi connectivity index (χ4n) is 6.13. The van der Waals surface area contributed by atoms with E-state index in [4.69, 9.17) is 18.5 Å². The van der Waals surface area contributed by atoms with Gasteiger partial charge in [0.15, 0.2) is 0 Å². The molecule has 336 valence electrons. The highest BCUT2D eigenvalue weighted by atomic mass is 31.2. The summed E-state index contributed by atoms with van der Waals surface area (Å²) in [6.45, 7) is 11.8. The molecule has 0 aromatic heterocycles. The first kappa shape index (κ1) is 58.3. The van der Waals surface area contributed by atoms with Gasteiger partial charge in [0.05, 0.1) is 13.2 Å². The topological polar surface area (TPSA) is 120 Å². The second kappa shape index (κ2) is 49.2. The molecule has 0 fully saturated rings. The minimum Gasteiger partial charge on any atom is -0.463 e. The van der Waals surface area contributed by atoms with Gasteiger partial charge in [-0.1, -0.05) is 221 Å². The molecule has 55 heavy (non-hydrogen) atoms. The van der Waals surface area contributed by atoms with Crippen molar-refractivity contribution in [2.75, 3.05) is 33.5 Å². The minimum atomic E-state index is -4.29. The molecule has 0 aliphatic carbocycles. The predicted octanol–water partition coefficient (Wildman–Crippen LogP) is 14.5. The zero-order valence-corrected chi connectivity index (χ0v) is 38.5. The van der Waals surface area contributed by atoms with Gasteiger partial charge in [0, 0.05) is 29.9 Å². The number of phosphoric acid groups is 1. The molecule has 9 nitrogen and oxygen atoms in total. The van der Waals surface area contributed by atoms with Crippen LogP contribution in [0.25, 0.3) is 0 Å². The van der Waals surface area contributed by atoms with Gasteiger partial charge in [0.2, 0.25) is 5.91 Å². The van der Waals surface area contributed by atoms with Gasteiger partial charge in [0.25, 0.3) is 0 Å². The molecule has 0 rings (SSSR count). The number of carbonyl (C=O) groups excluding carboxylic acids is 2. The molecule has 0 aromatic carbocycles. The lowest BCUT2D eigenvalue weighted by molar-refractivity contribution is -0.148. The highest BCUT2D eigenvalue weighted by molar-refractivity contribution is 7.47. The molecular weight excluding hydrogens is 713 g/mol. The summed E-state index contributed by atoms with van der Waals surface area (Å²) < 4.78 is 31.8. The highest BCUT2D eigenvalue weighted by Crippen LogP contribution is 2.43. The van der Waals surface area contributed by atoms with Gasteiger partial charge in [-0.05, 0) is 6.42 Å². The molecule has 0 bridgehead atoms. The van der Waals surface area contributed by atoms with E-state index in [1.807, 2.05) is 13.8 Å². The van der Waals surface area contributed by atoms with E-state index in [0.29, 0.717) is 6.42 Å². The zero-order chi connectivity index (χ0) is 41.5. The van der Waals surface area contributed by atoms with Crippen LogP contribution >= 0.6 is 7.82 Å². The van der Waals surface area contributed by atoms with E-state index in [0.717, 1.165) is 19.3 Å². The van der Waals surface area contributed by atoms with Gasteiger partial charge < -0.3 is 19.7 Å². The molecule has 0 radical (unpaired) electrons. The molecule has 0 aromatic rings. The standard InChI is InChI=1S/C26H52NO8P.C17H36.C2H6.2H2/c1-4-5-6-7-8-9-10-11-12-13-14-15-16-17-18-19-26(29)33-22-25(32-3)23-35-36(30,31)34-21-20-27-24(2)28;1-3-5-7-9-11-13-15-17-16-14-12-10-8-6-4-2;1-2;;/h25H,4-23H2,1-3H3,(H,27,28)(H,30,31);3-17H2,1-2H3;1-2H3;2*1H/t25-;;;;/m1..../s1. The third-order valence-corrected chi connectivity index (χ3v) is 10.6. The van der Waals surface area contributed by atoms with Crippen molar-refractivity contribution >= 4 is 19.7 Å². The van der Waals surface area contributed by atoms with E-state index in [1.165, 1.54) is 187 Å². The predicted molar refractivity (Wildman–Crippen MR) is 238 cm³/mol. The van der Waals surface area contributed by atoms with E-state index in [2.05, 4.69) is 26.1 Å². The maximum atomic E-state index is 11.9. The van der Waals surface area contributed by atoms with E-state index < -0.39 is 13.9 Å². The van der Waals surface area contributed by atoms with Crippen LogP contribution in [0.5, 0.6) is 0 Å². The Bertz CT molecular complexity index is 814. The summed E-state index contributed by atoms with van der Waals surface area (Å²) in [5.74, 6) is -0.580. The first-order chi connectivity index (χ1) is 26.7. The van der Waals surface area contributed by atoms with Crippen LogP contribution in [-0.4, -0.2) is 56.3 Å². The SMILES string of the molecule is CC.CCCCCCCCCCCCCCCCC.CCCCCCCCCCCCCCCCCC(=O)OC[C@H](COP(=O)(O)OCCNC(C)=O)OC.[HH].[HH]. The van der Waals surface area contributed by atoms with Crippen molar-refractivity contribution in [3.63, 3.8) is 0 Å². The second-order valence-corrected chi connectivity index (χ2v) is 16.4. The summed E-state index contributed by atoms with van der Waals surface area (Å²) in [6, 6.07) is 0. The molecular formula is C45H98NO8P. The maximum absolute atomic E-state index is 11.9. The zero-order valence-electron chi connectivity index (χ0n) is 37.6. The monoisotopic (exact) mass is 812 g/mol. The number of unbranched alkanes of at least 4 members (excludes halogenated alkanes) is 28. The number of hydrogen-bond acceptors (Lipinski definition) is 7. The summed E-state index contributed by atoms with van der Waals surface area (Å²) >= 11 is 0. The molecule has 0 aliphatic rings. The van der Waals surface area contributed by atoms with Crippen molar-refractivity contribution in [1.82, 2.24) is 5.32 Å². The molecule has 0 heterocycles.